The standard InChI is InChI=1S/C14H11Cl2N3O3/c15-9-5-3-6-10(16)12(9)14(18,13(17)20)8-4-1-2-7-11(8)19(21)22/h1-7H,18H2,(H2,17,20). The number of benzene rings is 2. The highest BCUT2D eigenvalue weighted by Crippen LogP contribution is 2.40. The van der Waals surface area contributed by atoms with E-state index < -0.39 is 16.4 Å². The van der Waals surface area contributed by atoms with Crippen LogP contribution in [0.2, 0.25) is 10.0 Å². The van der Waals surface area contributed by atoms with Crippen LogP contribution in [0.25, 0.3) is 0 Å². The Morgan fingerprint density at radius 3 is 2.14 bits per heavy atom. The number of hydrogen-bond acceptors (Lipinski definition) is 4. The Kier molecular flexibility index (Phi) is 4.37. The van der Waals surface area contributed by atoms with Gasteiger partial charge in [0, 0.05) is 21.7 Å². The topological polar surface area (TPSA) is 112 Å². The van der Waals surface area contributed by atoms with E-state index in [9.17, 15) is 14.9 Å². The van der Waals surface area contributed by atoms with E-state index in [1.54, 1.807) is 6.07 Å². The van der Waals surface area contributed by atoms with Gasteiger partial charge in [-0.05, 0) is 18.2 Å². The van der Waals surface area contributed by atoms with Gasteiger partial charge in [-0.25, -0.2) is 0 Å². The van der Waals surface area contributed by atoms with E-state index in [1.165, 1.54) is 36.4 Å². The number of hydrogen-bond donors (Lipinski definition) is 2. The van der Waals surface area contributed by atoms with Crippen molar-refractivity contribution in [1.29, 1.82) is 0 Å². The second-order valence-corrected chi connectivity index (χ2v) is 5.36. The van der Waals surface area contributed by atoms with Crippen molar-refractivity contribution in [1.82, 2.24) is 0 Å². The first-order valence-electron chi connectivity index (χ1n) is 6.07. The van der Waals surface area contributed by atoms with Crippen LogP contribution in [-0.2, 0) is 10.3 Å². The Balaban J connectivity index is 2.86. The second-order valence-electron chi connectivity index (χ2n) is 4.54. The van der Waals surface area contributed by atoms with Crippen molar-refractivity contribution in [2.75, 3.05) is 0 Å². The molecule has 0 saturated heterocycles. The van der Waals surface area contributed by atoms with Crippen LogP contribution in [0, 0.1) is 10.1 Å². The number of nitrogens with two attached hydrogens (primary N) is 2. The van der Waals surface area contributed by atoms with Crippen LogP contribution in [0.1, 0.15) is 11.1 Å². The minimum Gasteiger partial charge on any atom is -0.367 e. The molecule has 0 heterocycles. The van der Waals surface area contributed by atoms with Crippen LogP contribution in [0.4, 0.5) is 5.69 Å². The van der Waals surface area contributed by atoms with Gasteiger partial charge >= 0.3 is 0 Å². The average molecular weight is 340 g/mol. The molecule has 0 bridgehead atoms. The number of nitro groups is 1. The summed E-state index contributed by atoms with van der Waals surface area (Å²) >= 11 is 12.2. The summed E-state index contributed by atoms with van der Waals surface area (Å²) in [7, 11) is 0. The summed E-state index contributed by atoms with van der Waals surface area (Å²) in [6, 6.07) is 10.1. The Morgan fingerprint density at radius 2 is 1.64 bits per heavy atom. The van der Waals surface area contributed by atoms with Crippen molar-refractivity contribution in [3.63, 3.8) is 0 Å². The van der Waals surface area contributed by atoms with E-state index in [4.69, 9.17) is 34.7 Å². The molecule has 1 amide bonds. The third-order valence-corrected chi connectivity index (χ3v) is 3.90. The molecule has 0 aliphatic carbocycles. The first kappa shape index (κ1) is 16.2. The lowest BCUT2D eigenvalue weighted by atomic mass is 9.82. The number of carbonyl (C=O) groups excluding carboxylic acids is 1. The van der Waals surface area contributed by atoms with Gasteiger partial charge < -0.3 is 11.5 Å². The average Bonchev–Trinajstić information content (AvgIpc) is 2.46. The molecule has 114 valence electrons. The van der Waals surface area contributed by atoms with Crippen LogP contribution < -0.4 is 11.5 Å². The number of carbonyl (C=O) groups is 1. The summed E-state index contributed by atoms with van der Waals surface area (Å²) in [4.78, 5) is 22.6. The van der Waals surface area contributed by atoms with Gasteiger partial charge in [0.25, 0.3) is 5.69 Å². The Hall–Kier alpha value is -2.15. The molecular formula is C14H11Cl2N3O3. The zero-order valence-electron chi connectivity index (χ0n) is 11.1. The molecule has 22 heavy (non-hydrogen) atoms. The summed E-state index contributed by atoms with van der Waals surface area (Å²) in [6.45, 7) is 0. The van der Waals surface area contributed by atoms with Crippen molar-refractivity contribution >= 4 is 34.8 Å². The molecule has 0 radical (unpaired) electrons. The van der Waals surface area contributed by atoms with Crippen LogP contribution in [0.15, 0.2) is 42.5 Å². The van der Waals surface area contributed by atoms with Crippen LogP contribution in [0.5, 0.6) is 0 Å². The molecule has 0 aliphatic heterocycles. The molecule has 1 atom stereocenters. The van der Waals surface area contributed by atoms with E-state index in [1.807, 2.05) is 0 Å². The SMILES string of the molecule is NC(=O)C(N)(c1ccccc1[N+](=O)[O-])c1c(Cl)cccc1Cl. The van der Waals surface area contributed by atoms with E-state index in [2.05, 4.69) is 0 Å². The van der Waals surface area contributed by atoms with Crippen LogP contribution in [-0.4, -0.2) is 10.8 Å². The maximum atomic E-state index is 12.1. The van der Waals surface area contributed by atoms with E-state index in [0.717, 1.165) is 0 Å². The summed E-state index contributed by atoms with van der Waals surface area (Å²) < 4.78 is 0. The first-order valence-corrected chi connectivity index (χ1v) is 6.83. The largest absolute Gasteiger partial charge is 0.367 e. The van der Waals surface area contributed by atoms with Crippen molar-refractivity contribution in [3.8, 4) is 0 Å². The fraction of sp³-hybridized carbons (Fsp3) is 0.0714. The number of halogens is 2. The van der Waals surface area contributed by atoms with E-state index >= 15 is 0 Å². The zero-order valence-corrected chi connectivity index (χ0v) is 12.6. The van der Waals surface area contributed by atoms with Gasteiger partial charge in [0.1, 0.15) is 0 Å². The van der Waals surface area contributed by atoms with Gasteiger partial charge in [-0.3, -0.25) is 14.9 Å². The summed E-state index contributed by atoms with van der Waals surface area (Å²) in [5.74, 6) is -1.00. The lowest BCUT2D eigenvalue weighted by Crippen LogP contribution is -2.50. The zero-order chi connectivity index (χ0) is 16.5. The fourth-order valence-corrected chi connectivity index (χ4v) is 2.93. The number of primary amides is 1. The Labute approximate surface area is 135 Å². The lowest BCUT2D eigenvalue weighted by Gasteiger charge is -2.28. The molecule has 0 aliphatic rings. The summed E-state index contributed by atoms with van der Waals surface area (Å²) in [6.07, 6.45) is 0. The van der Waals surface area contributed by atoms with Gasteiger partial charge in [-0.1, -0.05) is 41.4 Å². The molecule has 4 N–H and O–H groups in total. The maximum Gasteiger partial charge on any atom is 0.275 e. The van der Waals surface area contributed by atoms with Crippen molar-refractivity contribution < 1.29 is 9.72 Å². The molecule has 2 aromatic carbocycles. The molecule has 0 spiro atoms. The number of amides is 1. The second kappa shape index (κ2) is 5.92. The predicted octanol–water partition coefficient (Wildman–Crippen LogP) is 2.59. The van der Waals surface area contributed by atoms with Gasteiger partial charge in [-0.15, -0.1) is 0 Å². The number of nitro benzene ring substituents is 1. The fourth-order valence-electron chi connectivity index (χ4n) is 2.23. The quantitative estimate of drug-likeness (QED) is 0.658. The molecule has 8 heteroatoms. The van der Waals surface area contributed by atoms with Gasteiger partial charge in [0.15, 0.2) is 5.54 Å². The summed E-state index contributed by atoms with van der Waals surface area (Å²) in [5.41, 5.74) is 9.18. The highest BCUT2D eigenvalue weighted by molar-refractivity contribution is 6.36. The first-order chi connectivity index (χ1) is 10.3. The molecule has 6 nitrogen and oxygen atoms in total. The van der Waals surface area contributed by atoms with Crippen LogP contribution in [0.3, 0.4) is 0 Å². The minimum atomic E-state index is -2.03. The lowest BCUT2D eigenvalue weighted by molar-refractivity contribution is -0.385. The number of nitrogens with zero attached hydrogens (tertiary/aromatic N) is 1. The third kappa shape index (κ3) is 2.52. The van der Waals surface area contributed by atoms with E-state index in [0.29, 0.717) is 0 Å². The van der Waals surface area contributed by atoms with Gasteiger partial charge in [-0.2, -0.15) is 0 Å². The normalized spacial score (nSPS) is 13.4. The number of para-hydroxylation sites is 1. The van der Waals surface area contributed by atoms with Crippen molar-refractivity contribution in [2.45, 2.75) is 5.54 Å². The third-order valence-electron chi connectivity index (χ3n) is 3.27. The Bertz CT molecular complexity index is 746. The summed E-state index contributed by atoms with van der Waals surface area (Å²) in [5, 5.41) is 11.4. The molecule has 0 saturated carbocycles. The minimum absolute atomic E-state index is 0.0279. The van der Waals surface area contributed by atoms with Crippen LogP contribution >= 0.6 is 23.2 Å². The molecule has 2 rings (SSSR count). The molecular weight excluding hydrogens is 329 g/mol. The molecule has 2 aromatic rings. The van der Waals surface area contributed by atoms with Gasteiger partial charge in [0.05, 0.1) is 10.5 Å². The van der Waals surface area contributed by atoms with Crippen molar-refractivity contribution in [2.24, 2.45) is 11.5 Å². The van der Waals surface area contributed by atoms with Gasteiger partial charge in [0.2, 0.25) is 5.91 Å². The Morgan fingerprint density at radius 1 is 1.09 bits per heavy atom. The highest BCUT2D eigenvalue weighted by atomic mass is 35.5. The smallest absolute Gasteiger partial charge is 0.275 e. The number of rotatable bonds is 4. The molecule has 0 aromatic heterocycles. The monoisotopic (exact) mass is 339 g/mol. The van der Waals surface area contributed by atoms with E-state index in [-0.39, 0.29) is 26.9 Å². The molecule has 0 fully saturated rings. The maximum absolute atomic E-state index is 12.1. The molecule has 1 unspecified atom stereocenters. The highest BCUT2D eigenvalue weighted by Gasteiger charge is 2.43. The predicted molar refractivity (Wildman–Crippen MR) is 83.7 cm³/mol. The van der Waals surface area contributed by atoms with Crippen molar-refractivity contribution in [3.05, 3.63) is 73.8 Å².